The Hall–Kier alpha value is -1.47. The van der Waals surface area contributed by atoms with E-state index < -0.39 is 6.04 Å². The number of amides is 2. The van der Waals surface area contributed by atoms with Crippen LogP contribution in [0, 0.1) is 0 Å². The van der Waals surface area contributed by atoms with Gasteiger partial charge in [0.15, 0.2) is 5.76 Å². The van der Waals surface area contributed by atoms with Crippen LogP contribution in [0.25, 0.3) is 0 Å². The molecule has 2 atom stereocenters. The number of thioether (sulfide) groups is 1. The summed E-state index contributed by atoms with van der Waals surface area (Å²) >= 11 is 1.64. The van der Waals surface area contributed by atoms with Crippen LogP contribution in [0.5, 0.6) is 0 Å². The third kappa shape index (κ3) is 5.06. The van der Waals surface area contributed by atoms with E-state index in [2.05, 4.69) is 10.6 Å². The molecular formula is C15H22N2O4S. The van der Waals surface area contributed by atoms with Gasteiger partial charge in [0.1, 0.15) is 6.04 Å². The first-order valence-electron chi connectivity index (χ1n) is 7.43. The minimum atomic E-state index is -0.563. The molecule has 0 aromatic carbocycles. The van der Waals surface area contributed by atoms with Gasteiger partial charge in [0.25, 0.3) is 5.91 Å². The van der Waals surface area contributed by atoms with Crippen molar-refractivity contribution in [1.29, 1.82) is 0 Å². The molecule has 0 spiro atoms. The van der Waals surface area contributed by atoms with Crippen LogP contribution in [0.1, 0.15) is 29.8 Å². The number of carbonyl (C=O) groups excluding carboxylic acids is 2. The van der Waals surface area contributed by atoms with Gasteiger partial charge in [0.05, 0.1) is 12.4 Å². The summed E-state index contributed by atoms with van der Waals surface area (Å²) in [5.74, 6) is 0.449. The molecular weight excluding hydrogens is 304 g/mol. The second kappa shape index (κ2) is 8.85. The highest BCUT2D eigenvalue weighted by Crippen LogP contribution is 2.11. The maximum absolute atomic E-state index is 12.3. The molecule has 6 nitrogen and oxygen atoms in total. The summed E-state index contributed by atoms with van der Waals surface area (Å²) in [4.78, 5) is 24.3. The van der Waals surface area contributed by atoms with Crippen LogP contribution in [0.2, 0.25) is 0 Å². The molecule has 0 radical (unpaired) electrons. The van der Waals surface area contributed by atoms with Crippen LogP contribution in [-0.2, 0) is 9.53 Å². The molecule has 122 valence electrons. The Bertz CT molecular complexity index is 472. The summed E-state index contributed by atoms with van der Waals surface area (Å²) in [7, 11) is 0. The maximum atomic E-state index is 12.3. The van der Waals surface area contributed by atoms with Crippen LogP contribution in [0.3, 0.4) is 0 Å². The maximum Gasteiger partial charge on any atom is 0.287 e. The number of furan rings is 1. The summed E-state index contributed by atoms with van der Waals surface area (Å²) in [5.41, 5.74) is 0. The number of hydrogen-bond acceptors (Lipinski definition) is 5. The molecule has 2 heterocycles. The highest BCUT2D eigenvalue weighted by Gasteiger charge is 2.23. The molecule has 0 saturated carbocycles. The molecule has 2 N–H and O–H groups in total. The van der Waals surface area contributed by atoms with Gasteiger partial charge < -0.3 is 19.8 Å². The minimum Gasteiger partial charge on any atom is -0.459 e. The number of nitrogens with one attached hydrogen (secondary N) is 2. The minimum absolute atomic E-state index is 0.0888. The van der Waals surface area contributed by atoms with Crippen LogP contribution < -0.4 is 10.6 Å². The SMILES string of the molecule is CSCC[C@@H](NC(=O)c1ccco1)C(=O)NC[C@@H]1CCCO1. The van der Waals surface area contributed by atoms with E-state index in [1.54, 1.807) is 23.9 Å². The van der Waals surface area contributed by atoms with Gasteiger partial charge in [0, 0.05) is 13.2 Å². The smallest absolute Gasteiger partial charge is 0.287 e. The Morgan fingerprint density at radius 3 is 3.00 bits per heavy atom. The molecule has 7 heteroatoms. The first kappa shape index (κ1) is 16.9. The van der Waals surface area contributed by atoms with Crippen molar-refractivity contribution in [2.45, 2.75) is 31.4 Å². The lowest BCUT2D eigenvalue weighted by atomic mass is 10.2. The molecule has 0 unspecified atom stereocenters. The quantitative estimate of drug-likeness (QED) is 0.755. The summed E-state index contributed by atoms with van der Waals surface area (Å²) in [5, 5.41) is 5.60. The summed E-state index contributed by atoms with van der Waals surface area (Å²) in [6.07, 6.45) is 6.07. The van der Waals surface area contributed by atoms with Gasteiger partial charge in [-0.1, -0.05) is 0 Å². The first-order chi connectivity index (χ1) is 10.7. The van der Waals surface area contributed by atoms with Crippen molar-refractivity contribution in [3.63, 3.8) is 0 Å². The van der Waals surface area contributed by atoms with Crippen LogP contribution >= 0.6 is 11.8 Å². The zero-order chi connectivity index (χ0) is 15.8. The Morgan fingerprint density at radius 1 is 1.50 bits per heavy atom. The number of carbonyl (C=O) groups is 2. The number of rotatable bonds is 8. The fraction of sp³-hybridized carbons (Fsp3) is 0.600. The van der Waals surface area contributed by atoms with Crippen LogP contribution in [0.15, 0.2) is 22.8 Å². The fourth-order valence-corrected chi connectivity index (χ4v) is 2.76. The second-order valence-corrected chi connectivity index (χ2v) is 6.15. The lowest BCUT2D eigenvalue weighted by Crippen LogP contribution is -2.48. The number of ether oxygens (including phenoxy) is 1. The second-order valence-electron chi connectivity index (χ2n) is 5.17. The third-order valence-electron chi connectivity index (χ3n) is 3.51. The predicted octanol–water partition coefficient (Wildman–Crippen LogP) is 1.43. The molecule has 0 bridgehead atoms. The Labute approximate surface area is 134 Å². The highest BCUT2D eigenvalue weighted by atomic mass is 32.2. The van der Waals surface area contributed by atoms with Gasteiger partial charge in [0.2, 0.25) is 5.91 Å². The molecule has 1 aliphatic heterocycles. The lowest BCUT2D eigenvalue weighted by Gasteiger charge is -2.19. The van der Waals surface area contributed by atoms with Gasteiger partial charge in [-0.05, 0) is 43.4 Å². The largest absolute Gasteiger partial charge is 0.459 e. The van der Waals surface area contributed by atoms with E-state index in [1.807, 2.05) is 6.26 Å². The molecule has 2 amide bonds. The lowest BCUT2D eigenvalue weighted by molar-refractivity contribution is -0.123. The third-order valence-corrected chi connectivity index (χ3v) is 4.15. The van der Waals surface area contributed by atoms with Crippen molar-refractivity contribution in [2.24, 2.45) is 0 Å². The molecule has 1 aromatic heterocycles. The molecule has 0 aliphatic carbocycles. The standard InChI is InChI=1S/C15H22N2O4S/c1-22-9-6-12(17-15(19)13-5-3-8-21-13)14(18)16-10-11-4-2-7-20-11/h3,5,8,11-12H,2,4,6-7,9-10H2,1H3,(H,16,18)(H,17,19)/t11-,12+/m0/s1. The van der Waals surface area contributed by atoms with E-state index in [0.29, 0.717) is 13.0 Å². The van der Waals surface area contributed by atoms with E-state index in [1.165, 1.54) is 6.26 Å². The van der Waals surface area contributed by atoms with E-state index >= 15 is 0 Å². The summed E-state index contributed by atoms with van der Waals surface area (Å²) in [6.45, 7) is 1.25. The molecule has 22 heavy (non-hydrogen) atoms. The monoisotopic (exact) mass is 326 g/mol. The highest BCUT2D eigenvalue weighted by molar-refractivity contribution is 7.98. The fourth-order valence-electron chi connectivity index (χ4n) is 2.28. The Kier molecular flexibility index (Phi) is 6.79. The zero-order valence-corrected chi connectivity index (χ0v) is 13.5. The van der Waals surface area contributed by atoms with Gasteiger partial charge in [-0.15, -0.1) is 0 Å². The van der Waals surface area contributed by atoms with Crippen molar-refractivity contribution in [2.75, 3.05) is 25.2 Å². The normalized spacial score (nSPS) is 18.9. The van der Waals surface area contributed by atoms with Gasteiger partial charge >= 0.3 is 0 Å². The average Bonchev–Trinajstić information content (AvgIpc) is 3.21. The van der Waals surface area contributed by atoms with Crippen molar-refractivity contribution in [3.05, 3.63) is 24.2 Å². The first-order valence-corrected chi connectivity index (χ1v) is 8.82. The van der Waals surface area contributed by atoms with Gasteiger partial charge in [-0.2, -0.15) is 11.8 Å². The molecule has 2 rings (SSSR count). The summed E-state index contributed by atoms with van der Waals surface area (Å²) < 4.78 is 10.5. The Morgan fingerprint density at radius 2 is 2.36 bits per heavy atom. The molecule has 1 fully saturated rings. The van der Waals surface area contributed by atoms with Crippen LogP contribution in [0.4, 0.5) is 0 Å². The Balaban J connectivity index is 1.86. The zero-order valence-electron chi connectivity index (χ0n) is 12.7. The molecule has 1 aliphatic rings. The van der Waals surface area contributed by atoms with Gasteiger partial charge in [-0.25, -0.2) is 0 Å². The number of hydrogen-bond donors (Lipinski definition) is 2. The van der Waals surface area contributed by atoms with Crippen molar-refractivity contribution in [3.8, 4) is 0 Å². The predicted molar refractivity (Wildman–Crippen MR) is 84.9 cm³/mol. The van der Waals surface area contributed by atoms with Crippen molar-refractivity contribution in [1.82, 2.24) is 10.6 Å². The molecule has 1 saturated heterocycles. The van der Waals surface area contributed by atoms with E-state index in [-0.39, 0.29) is 23.7 Å². The summed E-state index contributed by atoms with van der Waals surface area (Å²) in [6, 6.07) is 2.65. The van der Waals surface area contributed by atoms with Gasteiger partial charge in [-0.3, -0.25) is 9.59 Å². The molecule has 1 aromatic rings. The average molecular weight is 326 g/mol. The van der Waals surface area contributed by atoms with Crippen molar-refractivity contribution < 1.29 is 18.7 Å². The van der Waals surface area contributed by atoms with Crippen LogP contribution in [-0.4, -0.2) is 49.1 Å². The van der Waals surface area contributed by atoms with E-state index in [4.69, 9.17) is 9.15 Å². The van der Waals surface area contributed by atoms with E-state index in [0.717, 1.165) is 25.2 Å². The van der Waals surface area contributed by atoms with E-state index in [9.17, 15) is 9.59 Å². The topological polar surface area (TPSA) is 80.6 Å². The van der Waals surface area contributed by atoms with Crippen molar-refractivity contribution >= 4 is 23.6 Å².